The first-order chi connectivity index (χ1) is 7.88. The lowest BCUT2D eigenvalue weighted by Crippen LogP contribution is -2.20. The van der Waals surface area contributed by atoms with E-state index >= 15 is 0 Å². The molecule has 4 heteroatoms. The van der Waals surface area contributed by atoms with E-state index in [2.05, 4.69) is 39.2 Å². The Morgan fingerprint density at radius 1 is 1.38 bits per heavy atom. The molecule has 1 fully saturated rings. The van der Waals surface area contributed by atoms with Crippen molar-refractivity contribution >= 4 is 0 Å². The molecule has 0 radical (unpaired) electrons. The molecule has 0 spiro atoms. The van der Waals surface area contributed by atoms with Gasteiger partial charge in [0.25, 0.3) is 0 Å². The molecule has 4 nitrogen and oxygen atoms in total. The van der Waals surface area contributed by atoms with E-state index in [1.165, 1.54) is 5.56 Å². The van der Waals surface area contributed by atoms with Crippen LogP contribution in [-0.4, -0.2) is 24.5 Å². The fourth-order valence-corrected chi connectivity index (χ4v) is 2.20. The summed E-state index contributed by atoms with van der Waals surface area (Å²) in [5.74, 6) is 0.541. The van der Waals surface area contributed by atoms with Gasteiger partial charge in [0.05, 0.1) is 0 Å². The zero-order valence-electron chi connectivity index (χ0n) is 9.29. The number of azide groups is 1. The minimum atomic E-state index is 0.541. The lowest BCUT2D eigenvalue weighted by atomic mass is 10.1. The Kier molecular flexibility index (Phi) is 3.81. The number of likely N-dealkylation sites (tertiary alicyclic amines) is 1. The Balaban J connectivity index is 1.83. The highest BCUT2D eigenvalue weighted by molar-refractivity contribution is 5.14. The van der Waals surface area contributed by atoms with Gasteiger partial charge in [0.1, 0.15) is 0 Å². The highest BCUT2D eigenvalue weighted by atomic mass is 15.2. The summed E-state index contributed by atoms with van der Waals surface area (Å²) in [6, 6.07) is 10.5. The predicted molar refractivity (Wildman–Crippen MR) is 63.8 cm³/mol. The van der Waals surface area contributed by atoms with Crippen molar-refractivity contribution in [3.05, 3.63) is 46.3 Å². The maximum atomic E-state index is 8.27. The molecule has 0 unspecified atom stereocenters. The van der Waals surface area contributed by atoms with Gasteiger partial charge in [-0.05, 0) is 30.0 Å². The van der Waals surface area contributed by atoms with E-state index in [1.54, 1.807) is 0 Å². The first kappa shape index (κ1) is 11.0. The molecule has 1 atom stereocenters. The third-order valence-electron chi connectivity index (χ3n) is 3.02. The molecule has 1 aliphatic rings. The Labute approximate surface area is 95.5 Å². The monoisotopic (exact) mass is 216 g/mol. The van der Waals surface area contributed by atoms with Crippen molar-refractivity contribution in [1.82, 2.24) is 4.90 Å². The molecule has 1 aromatic rings. The summed E-state index contributed by atoms with van der Waals surface area (Å²) in [5.41, 5.74) is 9.63. The maximum Gasteiger partial charge on any atom is 0.0298 e. The van der Waals surface area contributed by atoms with Crippen LogP contribution in [0.3, 0.4) is 0 Å². The molecule has 84 valence electrons. The summed E-state index contributed by atoms with van der Waals surface area (Å²) in [5, 5.41) is 3.65. The summed E-state index contributed by atoms with van der Waals surface area (Å²) in [6.45, 7) is 3.81. The number of hydrogen-bond acceptors (Lipinski definition) is 2. The van der Waals surface area contributed by atoms with Crippen LogP contribution in [0.4, 0.5) is 0 Å². The highest BCUT2D eigenvalue weighted by Gasteiger charge is 2.21. The van der Waals surface area contributed by atoms with E-state index < -0.39 is 0 Å². The van der Waals surface area contributed by atoms with Crippen LogP contribution in [0.5, 0.6) is 0 Å². The number of nitrogens with zero attached hydrogens (tertiary/aromatic N) is 4. The van der Waals surface area contributed by atoms with Gasteiger partial charge in [-0.25, -0.2) is 0 Å². The topological polar surface area (TPSA) is 52.0 Å². The first-order valence-corrected chi connectivity index (χ1v) is 5.65. The van der Waals surface area contributed by atoms with Crippen molar-refractivity contribution in [2.45, 2.75) is 13.0 Å². The van der Waals surface area contributed by atoms with E-state index in [4.69, 9.17) is 5.53 Å². The summed E-state index contributed by atoms with van der Waals surface area (Å²) in [4.78, 5) is 5.24. The molecule has 2 rings (SSSR count). The van der Waals surface area contributed by atoms with Crippen molar-refractivity contribution in [1.29, 1.82) is 0 Å². The third-order valence-corrected chi connectivity index (χ3v) is 3.02. The average Bonchev–Trinajstić information content (AvgIpc) is 2.75. The molecule has 0 saturated carbocycles. The third kappa shape index (κ3) is 2.99. The van der Waals surface area contributed by atoms with Crippen LogP contribution in [0.25, 0.3) is 10.4 Å². The van der Waals surface area contributed by atoms with Gasteiger partial charge in [-0.3, -0.25) is 4.90 Å². The van der Waals surface area contributed by atoms with Crippen molar-refractivity contribution in [3.63, 3.8) is 0 Å². The number of benzene rings is 1. The molecule has 0 N–H and O–H groups in total. The van der Waals surface area contributed by atoms with Crippen molar-refractivity contribution < 1.29 is 0 Å². The second-order valence-electron chi connectivity index (χ2n) is 4.29. The van der Waals surface area contributed by atoms with Crippen molar-refractivity contribution in [2.75, 3.05) is 19.6 Å². The first-order valence-electron chi connectivity index (χ1n) is 5.65. The number of hydrogen-bond donors (Lipinski definition) is 0. The maximum absolute atomic E-state index is 8.27. The summed E-state index contributed by atoms with van der Waals surface area (Å²) in [6.07, 6.45) is 1.14. The lowest BCUT2D eigenvalue weighted by Gasteiger charge is -2.15. The van der Waals surface area contributed by atoms with E-state index in [0.29, 0.717) is 12.5 Å². The van der Waals surface area contributed by atoms with Gasteiger partial charge in [0.2, 0.25) is 0 Å². The standard InChI is InChI=1S/C12H16N4/c13-15-14-8-12-6-7-16(10-12)9-11-4-2-1-3-5-11/h1-5,12H,6-10H2/t12-/m1/s1. The molecule has 0 amide bonds. The quantitative estimate of drug-likeness (QED) is 0.433. The Morgan fingerprint density at radius 2 is 2.19 bits per heavy atom. The number of rotatable bonds is 4. The van der Waals surface area contributed by atoms with Gasteiger partial charge in [0, 0.05) is 24.5 Å². The molecule has 1 saturated heterocycles. The van der Waals surface area contributed by atoms with Crippen LogP contribution in [0.15, 0.2) is 35.4 Å². The molecule has 0 aliphatic carbocycles. The van der Waals surface area contributed by atoms with Crippen LogP contribution in [0.1, 0.15) is 12.0 Å². The van der Waals surface area contributed by atoms with Gasteiger partial charge < -0.3 is 0 Å². The largest absolute Gasteiger partial charge is 0.299 e. The zero-order chi connectivity index (χ0) is 11.2. The van der Waals surface area contributed by atoms with Crippen LogP contribution in [0, 0.1) is 5.92 Å². The fraction of sp³-hybridized carbons (Fsp3) is 0.500. The summed E-state index contributed by atoms with van der Waals surface area (Å²) >= 11 is 0. The van der Waals surface area contributed by atoms with E-state index in [9.17, 15) is 0 Å². The summed E-state index contributed by atoms with van der Waals surface area (Å²) < 4.78 is 0. The Morgan fingerprint density at radius 3 is 2.94 bits per heavy atom. The minimum absolute atomic E-state index is 0.541. The van der Waals surface area contributed by atoms with Gasteiger partial charge >= 0.3 is 0 Å². The van der Waals surface area contributed by atoms with Crippen LogP contribution >= 0.6 is 0 Å². The second-order valence-corrected chi connectivity index (χ2v) is 4.29. The summed E-state index contributed by atoms with van der Waals surface area (Å²) in [7, 11) is 0. The van der Waals surface area contributed by atoms with Crippen LogP contribution < -0.4 is 0 Å². The smallest absolute Gasteiger partial charge is 0.0298 e. The average molecular weight is 216 g/mol. The zero-order valence-corrected chi connectivity index (χ0v) is 9.29. The van der Waals surface area contributed by atoms with Gasteiger partial charge in [-0.15, -0.1) is 0 Å². The highest BCUT2D eigenvalue weighted by Crippen LogP contribution is 2.18. The molecule has 1 aliphatic heterocycles. The Bertz CT molecular complexity index is 370. The lowest BCUT2D eigenvalue weighted by molar-refractivity contribution is 0.318. The predicted octanol–water partition coefficient (Wildman–Crippen LogP) is 2.82. The van der Waals surface area contributed by atoms with Gasteiger partial charge in [-0.2, -0.15) is 0 Å². The SMILES string of the molecule is [N-]=[N+]=NC[C@H]1CCN(Cc2ccccc2)C1. The van der Waals surface area contributed by atoms with E-state index in [0.717, 1.165) is 26.1 Å². The van der Waals surface area contributed by atoms with E-state index in [-0.39, 0.29) is 0 Å². The van der Waals surface area contributed by atoms with E-state index in [1.807, 2.05) is 6.07 Å². The van der Waals surface area contributed by atoms with Crippen molar-refractivity contribution in [3.8, 4) is 0 Å². The molecular formula is C12H16N4. The van der Waals surface area contributed by atoms with Crippen LogP contribution in [0.2, 0.25) is 0 Å². The molecular weight excluding hydrogens is 200 g/mol. The Hall–Kier alpha value is -1.51. The second kappa shape index (κ2) is 5.54. The minimum Gasteiger partial charge on any atom is -0.299 e. The molecule has 1 heterocycles. The van der Waals surface area contributed by atoms with Gasteiger partial charge in [0.15, 0.2) is 0 Å². The van der Waals surface area contributed by atoms with Crippen molar-refractivity contribution in [2.24, 2.45) is 11.0 Å². The molecule has 0 aromatic heterocycles. The molecule has 0 bridgehead atoms. The van der Waals surface area contributed by atoms with Crippen LogP contribution in [-0.2, 0) is 6.54 Å². The fourth-order valence-electron chi connectivity index (χ4n) is 2.20. The molecule has 1 aromatic carbocycles. The van der Waals surface area contributed by atoms with Gasteiger partial charge in [-0.1, -0.05) is 35.4 Å². The molecule has 16 heavy (non-hydrogen) atoms. The normalized spacial score (nSPS) is 20.6.